The summed E-state index contributed by atoms with van der Waals surface area (Å²) in [6.07, 6.45) is 3.65. The molecular weight excluding hydrogens is 208 g/mol. The molecule has 0 heterocycles. The van der Waals surface area contributed by atoms with Crippen LogP contribution in [0.2, 0.25) is 0 Å². The Hall–Kier alpha value is -0.960. The first-order valence-electron chi connectivity index (χ1n) is 5.74. The van der Waals surface area contributed by atoms with Crippen LogP contribution in [0.3, 0.4) is 0 Å². The quantitative estimate of drug-likeness (QED) is 0.819. The first kappa shape index (κ1) is 10.2. The topological polar surface area (TPSA) is 26.0 Å². The van der Waals surface area contributed by atoms with E-state index in [1.165, 1.54) is 12.1 Å². The summed E-state index contributed by atoms with van der Waals surface area (Å²) in [5.41, 5.74) is 6.50. The van der Waals surface area contributed by atoms with E-state index in [1.54, 1.807) is 6.92 Å². The van der Waals surface area contributed by atoms with Crippen LogP contribution in [0.5, 0.6) is 0 Å². The summed E-state index contributed by atoms with van der Waals surface area (Å²) >= 11 is 0. The zero-order valence-corrected chi connectivity index (χ0v) is 9.32. The molecule has 1 aromatic rings. The Labute approximate surface area is 93.6 Å². The normalized spacial score (nSPS) is 24.2. The van der Waals surface area contributed by atoms with E-state index in [2.05, 4.69) is 0 Å². The van der Waals surface area contributed by atoms with E-state index in [0.717, 1.165) is 25.7 Å². The molecule has 0 atom stereocenters. The Kier molecular flexibility index (Phi) is 1.81. The first-order valence-corrected chi connectivity index (χ1v) is 5.74. The van der Waals surface area contributed by atoms with Gasteiger partial charge in [0.05, 0.1) is 0 Å². The molecule has 3 rings (SSSR count). The van der Waals surface area contributed by atoms with Crippen molar-refractivity contribution in [1.82, 2.24) is 0 Å². The Morgan fingerprint density at radius 2 is 1.69 bits per heavy atom. The number of benzene rings is 1. The Morgan fingerprint density at radius 3 is 2.19 bits per heavy atom. The number of aryl methyl sites for hydroxylation is 1. The molecule has 0 bridgehead atoms. The van der Waals surface area contributed by atoms with Gasteiger partial charge in [-0.3, -0.25) is 0 Å². The lowest BCUT2D eigenvalue weighted by atomic mass is 9.85. The van der Waals surface area contributed by atoms with Crippen LogP contribution in [0.4, 0.5) is 8.78 Å². The van der Waals surface area contributed by atoms with Gasteiger partial charge in [0.1, 0.15) is 11.6 Å². The third kappa shape index (κ3) is 1.18. The second-order valence-corrected chi connectivity index (χ2v) is 5.32. The van der Waals surface area contributed by atoms with E-state index in [0.29, 0.717) is 11.1 Å². The summed E-state index contributed by atoms with van der Waals surface area (Å²) in [5.74, 6) is -0.625. The SMILES string of the molecule is Cc1cc(F)c(C2(C3(N)CC3)CC2)cc1F. The average molecular weight is 223 g/mol. The fraction of sp³-hybridized carbons (Fsp3) is 0.538. The molecule has 0 amide bonds. The summed E-state index contributed by atoms with van der Waals surface area (Å²) in [5, 5.41) is 0. The molecule has 2 fully saturated rings. The van der Waals surface area contributed by atoms with Crippen molar-refractivity contribution in [3.05, 3.63) is 34.9 Å². The summed E-state index contributed by atoms with van der Waals surface area (Å²) in [6.45, 7) is 1.58. The fourth-order valence-corrected chi connectivity index (χ4v) is 2.79. The largest absolute Gasteiger partial charge is 0.324 e. The standard InChI is InChI=1S/C13H15F2N/c1-8-6-11(15)9(7-10(8)14)12(2-3-12)13(16)4-5-13/h6-7H,2-5,16H2,1H3. The van der Waals surface area contributed by atoms with Gasteiger partial charge >= 0.3 is 0 Å². The van der Waals surface area contributed by atoms with Crippen LogP contribution in [0.25, 0.3) is 0 Å². The molecule has 0 unspecified atom stereocenters. The number of nitrogens with two attached hydrogens (primary N) is 1. The smallest absolute Gasteiger partial charge is 0.127 e. The van der Waals surface area contributed by atoms with Gasteiger partial charge in [-0.2, -0.15) is 0 Å². The molecule has 2 saturated carbocycles. The van der Waals surface area contributed by atoms with Gasteiger partial charge in [-0.1, -0.05) is 0 Å². The van der Waals surface area contributed by atoms with E-state index in [9.17, 15) is 8.78 Å². The van der Waals surface area contributed by atoms with Crippen LogP contribution in [0.15, 0.2) is 12.1 Å². The second-order valence-electron chi connectivity index (χ2n) is 5.32. The van der Waals surface area contributed by atoms with Crippen LogP contribution in [0.1, 0.15) is 36.8 Å². The number of halogens is 2. The molecule has 2 aliphatic rings. The number of rotatable bonds is 2. The average Bonchev–Trinajstić information content (AvgIpc) is 3.07. The molecule has 86 valence electrons. The molecule has 2 aliphatic carbocycles. The van der Waals surface area contributed by atoms with E-state index in [-0.39, 0.29) is 22.6 Å². The minimum atomic E-state index is -0.327. The van der Waals surface area contributed by atoms with Crippen LogP contribution in [-0.4, -0.2) is 5.54 Å². The van der Waals surface area contributed by atoms with E-state index >= 15 is 0 Å². The maximum Gasteiger partial charge on any atom is 0.127 e. The molecule has 0 aromatic heterocycles. The number of hydrogen-bond acceptors (Lipinski definition) is 1. The zero-order chi connectivity index (χ0) is 11.6. The van der Waals surface area contributed by atoms with Gasteiger partial charge in [0, 0.05) is 11.0 Å². The predicted octanol–water partition coefficient (Wildman–Crippen LogP) is 2.80. The van der Waals surface area contributed by atoms with Crippen molar-refractivity contribution >= 4 is 0 Å². The van der Waals surface area contributed by atoms with Crippen molar-refractivity contribution in [2.45, 2.75) is 43.6 Å². The van der Waals surface area contributed by atoms with Gasteiger partial charge in [-0.25, -0.2) is 8.78 Å². The van der Waals surface area contributed by atoms with Crippen molar-refractivity contribution in [2.75, 3.05) is 0 Å². The lowest BCUT2D eigenvalue weighted by molar-refractivity contribution is 0.467. The maximum absolute atomic E-state index is 13.9. The molecule has 0 radical (unpaired) electrons. The minimum Gasteiger partial charge on any atom is -0.324 e. The van der Waals surface area contributed by atoms with Crippen molar-refractivity contribution in [3.63, 3.8) is 0 Å². The van der Waals surface area contributed by atoms with E-state index in [1.807, 2.05) is 0 Å². The highest BCUT2D eigenvalue weighted by Gasteiger charge is 2.64. The molecular formula is C13H15F2N. The van der Waals surface area contributed by atoms with Gasteiger partial charge in [0.2, 0.25) is 0 Å². The second kappa shape index (κ2) is 2.83. The monoisotopic (exact) mass is 223 g/mol. The Morgan fingerprint density at radius 1 is 1.06 bits per heavy atom. The van der Waals surface area contributed by atoms with Crippen LogP contribution in [0, 0.1) is 18.6 Å². The van der Waals surface area contributed by atoms with Crippen molar-refractivity contribution in [1.29, 1.82) is 0 Å². The van der Waals surface area contributed by atoms with Gasteiger partial charge in [-0.05, 0) is 55.9 Å². The first-order chi connectivity index (χ1) is 7.48. The lowest BCUT2D eigenvalue weighted by Gasteiger charge is -2.24. The van der Waals surface area contributed by atoms with Gasteiger partial charge in [0.15, 0.2) is 0 Å². The van der Waals surface area contributed by atoms with Gasteiger partial charge in [0.25, 0.3) is 0 Å². The molecule has 0 saturated heterocycles. The molecule has 0 spiro atoms. The summed E-state index contributed by atoms with van der Waals surface area (Å²) in [4.78, 5) is 0. The summed E-state index contributed by atoms with van der Waals surface area (Å²) in [7, 11) is 0. The lowest BCUT2D eigenvalue weighted by Crippen LogP contribution is -2.38. The molecule has 2 N–H and O–H groups in total. The predicted molar refractivity (Wildman–Crippen MR) is 58.2 cm³/mol. The van der Waals surface area contributed by atoms with Crippen molar-refractivity contribution in [3.8, 4) is 0 Å². The molecule has 1 nitrogen and oxygen atoms in total. The number of hydrogen-bond donors (Lipinski definition) is 1. The highest BCUT2D eigenvalue weighted by molar-refractivity contribution is 5.42. The summed E-state index contributed by atoms with van der Waals surface area (Å²) in [6, 6.07) is 2.64. The molecule has 0 aliphatic heterocycles. The maximum atomic E-state index is 13.9. The van der Waals surface area contributed by atoms with Crippen LogP contribution < -0.4 is 5.73 Å². The van der Waals surface area contributed by atoms with Gasteiger partial charge in [-0.15, -0.1) is 0 Å². The van der Waals surface area contributed by atoms with Crippen molar-refractivity contribution in [2.24, 2.45) is 5.73 Å². The highest BCUT2D eigenvalue weighted by Crippen LogP contribution is 2.64. The zero-order valence-electron chi connectivity index (χ0n) is 9.32. The fourth-order valence-electron chi connectivity index (χ4n) is 2.79. The minimum absolute atomic E-state index is 0.268. The Bertz CT molecular complexity index is 459. The highest BCUT2D eigenvalue weighted by atomic mass is 19.1. The van der Waals surface area contributed by atoms with Crippen LogP contribution in [-0.2, 0) is 5.41 Å². The van der Waals surface area contributed by atoms with Crippen molar-refractivity contribution < 1.29 is 8.78 Å². The molecule has 16 heavy (non-hydrogen) atoms. The third-order valence-corrected chi connectivity index (χ3v) is 4.26. The summed E-state index contributed by atoms with van der Waals surface area (Å²) < 4.78 is 27.4. The Balaban J connectivity index is 2.10. The van der Waals surface area contributed by atoms with E-state index < -0.39 is 0 Å². The van der Waals surface area contributed by atoms with E-state index in [4.69, 9.17) is 5.73 Å². The third-order valence-electron chi connectivity index (χ3n) is 4.26. The molecule has 3 heteroatoms. The van der Waals surface area contributed by atoms with Crippen LogP contribution >= 0.6 is 0 Å². The molecule has 1 aromatic carbocycles. The van der Waals surface area contributed by atoms with Gasteiger partial charge < -0.3 is 5.73 Å².